The molecule has 1 aliphatic heterocycles. The molecule has 1 aromatic heterocycles. The third-order valence-corrected chi connectivity index (χ3v) is 4.53. The predicted octanol–water partition coefficient (Wildman–Crippen LogP) is 5.55. The van der Waals surface area contributed by atoms with Crippen LogP contribution in [0, 0.1) is 5.82 Å². The van der Waals surface area contributed by atoms with E-state index in [1.54, 1.807) is 12.3 Å². The van der Waals surface area contributed by atoms with Crippen molar-refractivity contribution < 1.29 is 4.39 Å². The van der Waals surface area contributed by atoms with Gasteiger partial charge in [-0.05, 0) is 53.8 Å². The van der Waals surface area contributed by atoms with Crippen molar-refractivity contribution in [1.82, 2.24) is 4.98 Å². The van der Waals surface area contributed by atoms with E-state index in [9.17, 15) is 4.39 Å². The topological polar surface area (TPSA) is 25.2 Å². The minimum atomic E-state index is -0.207. The number of hydrogen-bond donors (Lipinski definition) is 0. The molecular weight excluding hydrogens is 323 g/mol. The number of benzene rings is 2. The molecule has 4 rings (SSSR count). The zero-order valence-corrected chi connectivity index (χ0v) is 14.4. The molecule has 0 amide bonds. The third kappa shape index (κ3) is 3.47. The van der Waals surface area contributed by atoms with E-state index in [0.29, 0.717) is 5.56 Å². The molecule has 0 saturated carbocycles. The number of aromatic nitrogens is 1. The van der Waals surface area contributed by atoms with Gasteiger partial charge in [0.25, 0.3) is 0 Å². The molecule has 0 fully saturated rings. The summed E-state index contributed by atoms with van der Waals surface area (Å²) >= 11 is 0. The van der Waals surface area contributed by atoms with E-state index in [1.807, 2.05) is 66.9 Å². The summed E-state index contributed by atoms with van der Waals surface area (Å²) in [6.45, 7) is 0.822. The van der Waals surface area contributed by atoms with E-state index in [4.69, 9.17) is 0 Å². The number of hydrogen-bond acceptors (Lipinski definition) is 2. The Bertz CT molecular complexity index is 960. The number of nitrogens with zero attached hydrogens (tertiary/aromatic N) is 2. The first-order valence-corrected chi connectivity index (χ1v) is 8.82. The van der Waals surface area contributed by atoms with Gasteiger partial charge in [0.15, 0.2) is 0 Å². The first-order chi connectivity index (χ1) is 12.8. The van der Waals surface area contributed by atoms with Crippen molar-refractivity contribution in [2.75, 3.05) is 6.54 Å². The zero-order valence-electron chi connectivity index (χ0n) is 14.4. The van der Waals surface area contributed by atoms with Gasteiger partial charge < -0.3 is 0 Å². The number of aliphatic imine (C=N–C) groups is 1. The van der Waals surface area contributed by atoms with Crippen molar-refractivity contribution in [1.29, 1.82) is 0 Å². The Morgan fingerprint density at radius 1 is 0.923 bits per heavy atom. The van der Waals surface area contributed by atoms with Gasteiger partial charge in [-0.25, -0.2) is 4.39 Å². The Morgan fingerprint density at radius 3 is 2.54 bits per heavy atom. The van der Waals surface area contributed by atoms with Crippen LogP contribution in [0.15, 0.2) is 83.6 Å². The van der Waals surface area contributed by atoms with Crippen molar-refractivity contribution in [2.24, 2.45) is 4.99 Å². The minimum absolute atomic E-state index is 0.207. The molecule has 0 aliphatic carbocycles. The van der Waals surface area contributed by atoms with Crippen LogP contribution in [0.1, 0.15) is 24.0 Å². The van der Waals surface area contributed by atoms with Crippen LogP contribution in [0.5, 0.6) is 0 Å². The predicted molar refractivity (Wildman–Crippen MR) is 105 cm³/mol. The minimum Gasteiger partial charge on any atom is -0.284 e. The van der Waals surface area contributed by atoms with Crippen LogP contribution in [0.2, 0.25) is 0 Å². The fourth-order valence-corrected chi connectivity index (χ4v) is 3.27. The van der Waals surface area contributed by atoms with Gasteiger partial charge in [-0.3, -0.25) is 9.98 Å². The van der Waals surface area contributed by atoms with Crippen molar-refractivity contribution in [2.45, 2.75) is 12.8 Å². The molecule has 0 bridgehead atoms. The third-order valence-electron chi connectivity index (χ3n) is 4.53. The Kier molecular flexibility index (Phi) is 4.69. The van der Waals surface area contributed by atoms with Crippen molar-refractivity contribution in [3.05, 3.63) is 95.6 Å². The summed E-state index contributed by atoms with van der Waals surface area (Å²) in [6.07, 6.45) is 7.59. The zero-order chi connectivity index (χ0) is 17.8. The van der Waals surface area contributed by atoms with Crippen LogP contribution in [-0.4, -0.2) is 17.2 Å². The van der Waals surface area contributed by atoms with E-state index in [2.05, 4.69) is 9.98 Å². The number of rotatable bonds is 3. The van der Waals surface area contributed by atoms with Crippen molar-refractivity contribution in [3.8, 4) is 11.1 Å². The fraction of sp³-hybridized carbons (Fsp3) is 0.130. The molecule has 128 valence electrons. The summed E-state index contributed by atoms with van der Waals surface area (Å²) in [5.41, 5.74) is 5.49. The van der Waals surface area contributed by atoms with Gasteiger partial charge in [-0.15, -0.1) is 0 Å². The highest BCUT2D eigenvalue weighted by molar-refractivity contribution is 6.15. The number of halogens is 1. The molecular formula is C23H19FN2. The first kappa shape index (κ1) is 16.4. The normalized spacial score (nSPS) is 15.7. The molecule has 0 radical (unpaired) electrons. The Hall–Kier alpha value is -3.07. The number of pyridine rings is 1. The molecule has 2 nitrogen and oxygen atoms in total. The Balaban J connectivity index is 1.68. The fourth-order valence-electron chi connectivity index (χ4n) is 3.27. The lowest BCUT2D eigenvalue weighted by molar-refractivity contribution is 0.631. The van der Waals surface area contributed by atoms with E-state index in [1.165, 1.54) is 0 Å². The second-order valence-electron chi connectivity index (χ2n) is 6.35. The molecule has 0 unspecified atom stereocenters. The first-order valence-electron chi connectivity index (χ1n) is 8.82. The maximum atomic E-state index is 14.6. The van der Waals surface area contributed by atoms with E-state index < -0.39 is 0 Å². The standard InChI is InChI=1S/C23H19FN2/c24-22-15-17(10-11-21(22)18-6-2-1-3-7-18)14-19-8-5-13-26-23(19)20-9-4-12-25-16-20/h1-4,6-7,9-12,14-16H,5,8,13H2. The van der Waals surface area contributed by atoms with Gasteiger partial charge >= 0.3 is 0 Å². The van der Waals surface area contributed by atoms with E-state index in [-0.39, 0.29) is 5.82 Å². The lowest BCUT2D eigenvalue weighted by Crippen LogP contribution is -2.11. The van der Waals surface area contributed by atoms with E-state index >= 15 is 0 Å². The molecule has 0 atom stereocenters. The maximum absolute atomic E-state index is 14.6. The summed E-state index contributed by atoms with van der Waals surface area (Å²) in [5, 5.41) is 0. The second kappa shape index (κ2) is 7.44. The van der Waals surface area contributed by atoms with Gasteiger partial charge in [-0.2, -0.15) is 0 Å². The van der Waals surface area contributed by atoms with Crippen LogP contribution in [0.25, 0.3) is 17.2 Å². The lowest BCUT2D eigenvalue weighted by atomic mass is 9.94. The van der Waals surface area contributed by atoms with E-state index in [0.717, 1.165) is 47.4 Å². The average Bonchev–Trinajstić information content (AvgIpc) is 2.70. The molecule has 2 aromatic carbocycles. The quantitative estimate of drug-likeness (QED) is 0.612. The molecule has 1 aliphatic rings. The molecule has 0 N–H and O–H groups in total. The molecule has 0 spiro atoms. The number of allylic oxidation sites excluding steroid dienone is 1. The second-order valence-corrected chi connectivity index (χ2v) is 6.35. The van der Waals surface area contributed by atoms with Crippen LogP contribution in [-0.2, 0) is 0 Å². The van der Waals surface area contributed by atoms with Gasteiger partial charge in [0, 0.05) is 30.1 Å². The largest absolute Gasteiger partial charge is 0.284 e. The lowest BCUT2D eigenvalue weighted by Gasteiger charge is -2.16. The monoisotopic (exact) mass is 342 g/mol. The molecule has 2 heterocycles. The highest BCUT2D eigenvalue weighted by atomic mass is 19.1. The summed E-state index contributed by atoms with van der Waals surface area (Å²) < 4.78 is 14.6. The summed E-state index contributed by atoms with van der Waals surface area (Å²) in [7, 11) is 0. The van der Waals surface area contributed by atoms with Gasteiger partial charge in [0.05, 0.1) is 5.71 Å². The van der Waals surface area contributed by atoms with Gasteiger partial charge in [0.2, 0.25) is 0 Å². The van der Waals surface area contributed by atoms with Crippen molar-refractivity contribution in [3.63, 3.8) is 0 Å². The summed E-state index contributed by atoms with van der Waals surface area (Å²) in [5.74, 6) is -0.207. The maximum Gasteiger partial charge on any atom is 0.131 e. The summed E-state index contributed by atoms with van der Waals surface area (Å²) in [4.78, 5) is 8.87. The van der Waals surface area contributed by atoms with Crippen molar-refractivity contribution >= 4 is 11.8 Å². The molecule has 26 heavy (non-hydrogen) atoms. The average molecular weight is 342 g/mol. The smallest absolute Gasteiger partial charge is 0.131 e. The molecule has 0 saturated heterocycles. The Labute approximate surface area is 152 Å². The van der Waals surface area contributed by atoms with Gasteiger partial charge in [0.1, 0.15) is 5.82 Å². The SMILES string of the molecule is Fc1cc(C=C2CCCN=C2c2cccnc2)ccc1-c1ccccc1. The van der Waals surface area contributed by atoms with Crippen LogP contribution in [0.4, 0.5) is 4.39 Å². The highest BCUT2D eigenvalue weighted by Crippen LogP contribution is 2.26. The van der Waals surface area contributed by atoms with Crippen LogP contribution >= 0.6 is 0 Å². The highest BCUT2D eigenvalue weighted by Gasteiger charge is 2.14. The molecule has 3 aromatic rings. The van der Waals surface area contributed by atoms with Gasteiger partial charge in [-0.1, -0.05) is 42.5 Å². The van der Waals surface area contributed by atoms with Crippen LogP contribution < -0.4 is 0 Å². The Morgan fingerprint density at radius 2 is 1.77 bits per heavy atom. The summed E-state index contributed by atoms with van der Waals surface area (Å²) in [6, 6.07) is 19.0. The molecule has 3 heteroatoms. The van der Waals surface area contributed by atoms with Crippen LogP contribution in [0.3, 0.4) is 0 Å².